The third kappa shape index (κ3) is 13.6. The fourth-order valence-corrected chi connectivity index (χ4v) is 19.8. The van der Waals surface area contributed by atoms with E-state index in [1.807, 2.05) is 0 Å². The van der Waals surface area contributed by atoms with Crippen LogP contribution in [0.15, 0.2) is 485 Å². The van der Waals surface area contributed by atoms with Crippen LogP contribution in [0.1, 0.15) is 0 Å². The number of pyridine rings is 3. The second-order valence-electron chi connectivity index (χ2n) is 33.2. The van der Waals surface area contributed by atoms with Gasteiger partial charge in [0, 0.05) is 82.2 Å². The van der Waals surface area contributed by atoms with Crippen LogP contribution in [-0.4, -0.2) is 28.7 Å². The molecule has 6 heteroatoms. The Labute approximate surface area is 745 Å². The van der Waals surface area contributed by atoms with E-state index in [9.17, 15) is 0 Å². The summed E-state index contributed by atoms with van der Waals surface area (Å²) < 4.78 is 7.10. The molecule has 6 nitrogen and oxygen atoms in total. The molecule has 6 aromatic heterocycles. The fraction of sp³-hybridized carbons (Fsp3) is 0. The minimum atomic E-state index is 0.969. The standard InChI is InChI=1S/2C43H28N2.C37H24N2/c1-3-12-29(13-4-1)37-28-40(44-39-24-22-30-14-7-8-19-35(30)43(37)39)33-16-11-15-31(26-33)32-23-25-42-38(27-32)36-20-9-10-21-41(36)45(42)34-17-5-2-6-18-34;1-2-12-29(13-3-1)38-28-40(44-39-25-24-30-14-4-5-19-35(30)43(38)39)33-17-10-15-31(26-33)32-16-11-18-34(27-32)45-41-22-8-6-20-36(41)37-21-7-9-23-42(37)45;1-2-11-25(12-3-1)32-24-34(38-33-22-21-26-13-4-5-16-29(26)37(32)33)27-14-10-15-28(23-27)39-35-19-8-6-17-30(35)31-18-7-9-20-36(31)39/h2*1-28H;1-24H. The molecule has 0 unspecified atom stereocenters. The Morgan fingerprint density at radius 3 is 0.760 bits per heavy atom. The summed E-state index contributed by atoms with van der Waals surface area (Å²) in [4.78, 5) is 15.7. The lowest BCUT2D eigenvalue weighted by molar-refractivity contribution is 1.18. The van der Waals surface area contributed by atoms with Crippen LogP contribution in [0.3, 0.4) is 0 Å². The highest BCUT2D eigenvalue weighted by molar-refractivity contribution is 6.18. The van der Waals surface area contributed by atoms with E-state index in [0.717, 1.165) is 67.3 Å². The van der Waals surface area contributed by atoms with Gasteiger partial charge in [-0.1, -0.05) is 358 Å². The van der Waals surface area contributed by atoms with E-state index in [1.54, 1.807) is 0 Å². The van der Waals surface area contributed by atoms with E-state index in [2.05, 4.69) is 499 Å². The molecule has 0 fully saturated rings. The van der Waals surface area contributed by atoms with Crippen LogP contribution in [0.2, 0.25) is 0 Å². The fourth-order valence-electron chi connectivity index (χ4n) is 19.8. The first-order valence-corrected chi connectivity index (χ1v) is 44.1. The molecule has 0 amide bonds. The zero-order valence-electron chi connectivity index (χ0n) is 70.4. The van der Waals surface area contributed by atoms with Gasteiger partial charge in [0.2, 0.25) is 0 Å². The van der Waals surface area contributed by atoms with Gasteiger partial charge in [-0.05, 0) is 215 Å². The molecular formula is C123H80N6. The van der Waals surface area contributed by atoms with E-state index in [4.69, 9.17) is 15.0 Å². The first-order chi connectivity index (χ1) is 64.0. The third-order valence-electron chi connectivity index (χ3n) is 25.7. The largest absolute Gasteiger partial charge is 0.309 e. The van der Waals surface area contributed by atoms with Gasteiger partial charge in [-0.25, -0.2) is 15.0 Å². The van der Waals surface area contributed by atoms with Crippen molar-refractivity contribution in [2.75, 3.05) is 0 Å². The molecule has 26 aromatic rings. The zero-order chi connectivity index (χ0) is 85.2. The average molecular weight is 1640 g/mol. The van der Waals surface area contributed by atoms with Crippen molar-refractivity contribution in [1.29, 1.82) is 0 Å². The van der Waals surface area contributed by atoms with Crippen molar-refractivity contribution in [3.8, 4) is 106 Å². The van der Waals surface area contributed by atoms with Crippen molar-refractivity contribution in [2.24, 2.45) is 0 Å². The molecule has 0 spiro atoms. The van der Waals surface area contributed by atoms with Gasteiger partial charge < -0.3 is 13.7 Å². The molecule has 0 bridgehead atoms. The van der Waals surface area contributed by atoms with E-state index < -0.39 is 0 Å². The van der Waals surface area contributed by atoms with Crippen LogP contribution in [0.25, 0.3) is 237 Å². The van der Waals surface area contributed by atoms with Gasteiger partial charge in [-0.3, -0.25) is 0 Å². The number of rotatable bonds is 11. The monoisotopic (exact) mass is 1640 g/mol. The molecule has 0 aliphatic carbocycles. The van der Waals surface area contributed by atoms with Crippen LogP contribution in [0.4, 0.5) is 0 Å². The number of para-hydroxylation sites is 6. The van der Waals surface area contributed by atoms with E-state index in [1.165, 1.54) is 170 Å². The molecule has 129 heavy (non-hydrogen) atoms. The van der Waals surface area contributed by atoms with Crippen molar-refractivity contribution >= 4 is 130 Å². The number of hydrogen-bond acceptors (Lipinski definition) is 3. The summed E-state index contributed by atoms with van der Waals surface area (Å²) in [6.07, 6.45) is 0. The molecule has 0 aliphatic rings. The molecule has 0 saturated heterocycles. The smallest absolute Gasteiger partial charge is 0.0722 e. The first kappa shape index (κ1) is 75.5. The van der Waals surface area contributed by atoms with Crippen LogP contribution < -0.4 is 0 Å². The maximum Gasteiger partial charge on any atom is 0.0722 e. The Bertz CT molecular complexity index is 8760. The third-order valence-corrected chi connectivity index (χ3v) is 25.7. The molecule has 0 atom stereocenters. The van der Waals surface area contributed by atoms with Crippen LogP contribution in [0, 0.1) is 0 Å². The van der Waals surface area contributed by atoms with E-state index in [0.29, 0.717) is 0 Å². The highest BCUT2D eigenvalue weighted by atomic mass is 15.0. The van der Waals surface area contributed by atoms with Crippen LogP contribution in [0.5, 0.6) is 0 Å². The molecule has 26 rings (SSSR count). The van der Waals surface area contributed by atoms with Crippen molar-refractivity contribution in [3.63, 3.8) is 0 Å². The van der Waals surface area contributed by atoms with E-state index in [-0.39, 0.29) is 0 Å². The Kier molecular flexibility index (Phi) is 18.8. The molecular weight excluding hydrogens is 1560 g/mol. The second-order valence-corrected chi connectivity index (χ2v) is 33.2. The molecule has 6 heterocycles. The molecule has 0 radical (unpaired) electrons. The summed E-state index contributed by atoms with van der Waals surface area (Å²) in [5.41, 5.74) is 31.8. The first-order valence-electron chi connectivity index (χ1n) is 44.1. The number of aromatic nitrogens is 6. The number of hydrogen-bond donors (Lipinski definition) is 0. The maximum atomic E-state index is 5.24. The lowest BCUT2D eigenvalue weighted by Crippen LogP contribution is -1.95. The quantitative estimate of drug-likeness (QED) is 0.121. The predicted octanol–water partition coefficient (Wildman–Crippen LogP) is 32.8. The topological polar surface area (TPSA) is 53.5 Å². The predicted molar refractivity (Wildman–Crippen MR) is 544 cm³/mol. The lowest BCUT2D eigenvalue weighted by atomic mass is 9.94. The lowest BCUT2D eigenvalue weighted by Gasteiger charge is -2.14. The van der Waals surface area contributed by atoms with Gasteiger partial charge in [-0.15, -0.1) is 0 Å². The summed E-state index contributed by atoms with van der Waals surface area (Å²) in [5, 5.41) is 18.5. The minimum absolute atomic E-state index is 0.969. The van der Waals surface area contributed by atoms with Crippen LogP contribution in [-0.2, 0) is 0 Å². The number of fused-ring (bicyclic) bond motifs is 18. The summed E-state index contributed by atoms with van der Waals surface area (Å²) in [5.74, 6) is 0. The van der Waals surface area contributed by atoms with Crippen molar-refractivity contribution < 1.29 is 0 Å². The molecule has 0 aliphatic heterocycles. The SMILES string of the molecule is c1ccc(-c2cc(-c3cccc(-c4ccc5c(c4)c4ccccc4n5-c4ccccc4)c3)nc3ccc4ccccc4c23)cc1.c1ccc(-c2cc(-c3cccc(-c4cccc(-n5c6ccccc6c6ccccc65)c4)c3)nc3ccc4ccccc4c23)cc1.c1ccc(-c2cc(-c3cccc(-n4c5ccccc5c5ccccc54)c3)nc3ccc4ccccc4c23)cc1. The van der Waals surface area contributed by atoms with Crippen molar-refractivity contribution in [2.45, 2.75) is 0 Å². The summed E-state index contributed by atoms with van der Waals surface area (Å²) in [7, 11) is 0. The highest BCUT2D eigenvalue weighted by Crippen LogP contribution is 2.45. The molecule has 20 aromatic carbocycles. The minimum Gasteiger partial charge on any atom is -0.309 e. The van der Waals surface area contributed by atoms with Gasteiger partial charge in [0.25, 0.3) is 0 Å². The molecule has 602 valence electrons. The Morgan fingerprint density at radius 1 is 0.140 bits per heavy atom. The number of nitrogens with zero attached hydrogens (tertiary/aromatic N) is 6. The zero-order valence-corrected chi connectivity index (χ0v) is 70.4. The van der Waals surface area contributed by atoms with Gasteiger partial charge >= 0.3 is 0 Å². The molecule has 0 N–H and O–H groups in total. The summed E-state index contributed by atoms with van der Waals surface area (Å²) in [6, 6.07) is 174. The van der Waals surface area contributed by atoms with Crippen molar-refractivity contribution in [1.82, 2.24) is 28.7 Å². The van der Waals surface area contributed by atoms with Gasteiger partial charge in [0.1, 0.15) is 0 Å². The normalized spacial score (nSPS) is 11.6. The van der Waals surface area contributed by atoms with Gasteiger partial charge in [-0.2, -0.15) is 0 Å². The van der Waals surface area contributed by atoms with Crippen molar-refractivity contribution in [3.05, 3.63) is 485 Å². The second kappa shape index (κ2) is 32.2. The summed E-state index contributed by atoms with van der Waals surface area (Å²) >= 11 is 0. The van der Waals surface area contributed by atoms with Gasteiger partial charge in [0.15, 0.2) is 0 Å². The Hall–Kier alpha value is -17.2. The molecule has 0 saturated carbocycles. The van der Waals surface area contributed by atoms with Gasteiger partial charge in [0.05, 0.1) is 66.7 Å². The number of benzene rings is 20. The highest BCUT2D eigenvalue weighted by Gasteiger charge is 2.22. The maximum absolute atomic E-state index is 5.24. The summed E-state index contributed by atoms with van der Waals surface area (Å²) in [6.45, 7) is 0. The average Bonchev–Trinajstić information content (AvgIpc) is 1.36. The Morgan fingerprint density at radius 2 is 0.388 bits per heavy atom. The van der Waals surface area contributed by atoms with Crippen LogP contribution >= 0.6 is 0 Å². The van der Waals surface area contributed by atoms with E-state index >= 15 is 0 Å². The Balaban J connectivity index is 0.000000108.